The number of hydrogen-bond acceptors (Lipinski definition) is 1. The maximum Gasteiger partial charge on any atom is 0.134 e. The minimum Gasteiger partial charge on any atom is -0.268 e. The van der Waals surface area contributed by atoms with Gasteiger partial charge in [0.1, 0.15) is 11.5 Å². The Labute approximate surface area is 113 Å². The van der Waals surface area contributed by atoms with E-state index in [0.29, 0.717) is 16.3 Å². The maximum absolute atomic E-state index is 13.8. The Kier molecular flexibility index (Phi) is 3.54. The zero-order valence-electron chi connectivity index (χ0n) is 9.42. The minimum absolute atomic E-state index is 0.214. The van der Waals surface area contributed by atoms with Crippen molar-refractivity contribution in [3.05, 3.63) is 39.7 Å². The standard InChI is InChI=1S/C12H11BrClFN2/c1-7(2)17-6-8(13)12(16-17)11-9(14)4-3-5-10(11)15/h3-7H,1-2H3. The lowest BCUT2D eigenvalue weighted by Crippen LogP contribution is -2.01. The second-order valence-corrected chi connectivity index (χ2v) is 5.26. The Morgan fingerprint density at radius 2 is 2.12 bits per heavy atom. The van der Waals surface area contributed by atoms with Gasteiger partial charge in [-0.2, -0.15) is 5.10 Å². The minimum atomic E-state index is -0.368. The molecular formula is C12H11BrClFN2. The molecule has 0 unspecified atom stereocenters. The van der Waals surface area contributed by atoms with Gasteiger partial charge >= 0.3 is 0 Å². The monoisotopic (exact) mass is 316 g/mol. The summed E-state index contributed by atoms with van der Waals surface area (Å²) in [5, 5.41) is 4.71. The molecule has 2 rings (SSSR count). The van der Waals surface area contributed by atoms with Crippen LogP contribution in [0.1, 0.15) is 19.9 Å². The molecule has 0 aliphatic carbocycles. The first-order valence-corrected chi connectivity index (χ1v) is 6.37. The van der Waals surface area contributed by atoms with Gasteiger partial charge in [-0.25, -0.2) is 4.39 Å². The summed E-state index contributed by atoms with van der Waals surface area (Å²) in [6.45, 7) is 4.01. The van der Waals surface area contributed by atoms with E-state index in [1.165, 1.54) is 6.07 Å². The molecule has 0 aliphatic heterocycles. The molecule has 0 aliphatic rings. The van der Waals surface area contributed by atoms with Crippen LogP contribution >= 0.6 is 27.5 Å². The predicted octanol–water partition coefficient (Wildman–Crippen LogP) is 4.69. The first-order chi connectivity index (χ1) is 8.00. The van der Waals surface area contributed by atoms with E-state index in [2.05, 4.69) is 21.0 Å². The Balaban J connectivity index is 2.61. The zero-order valence-corrected chi connectivity index (χ0v) is 11.8. The second kappa shape index (κ2) is 4.78. The van der Waals surface area contributed by atoms with Crippen molar-refractivity contribution in [2.45, 2.75) is 19.9 Å². The number of benzene rings is 1. The fourth-order valence-corrected chi connectivity index (χ4v) is 2.27. The van der Waals surface area contributed by atoms with Gasteiger partial charge in [0.15, 0.2) is 0 Å². The first kappa shape index (κ1) is 12.6. The van der Waals surface area contributed by atoms with Crippen molar-refractivity contribution < 1.29 is 4.39 Å². The van der Waals surface area contributed by atoms with Crippen LogP contribution in [-0.4, -0.2) is 9.78 Å². The lowest BCUT2D eigenvalue weighted by molar-refractivity contribution is 0.533. The molecule has 0 saturated carbocycles. The molecular weight excluding hydrogens is 307 g/mol. The van der Waals surface area contributed by atoms with Gasteiger partial charge in [0, 0.05) is 12.2 Å². The highest BCUT2D eigenvalue weighted by molar-refractivity contribution is 9.10. The Morgan fingerprint density at radius 1 is 1.41 bits per heavy atom. The third-order valence-corrected chi connectivity index (χ3v) is 3.31. The highest BCUT2D eigenvalue weighted by Crippen LogP contribution is 2.34. The molecule has 17 heavy (non-hydrogen) atoms. The molecule has 1 aromatic carbocycles. The van der Waals surface area contributed by atoms with Crippen LogP contribution in [0.5, 0.6) is 0 Å². The molecule has 0 bridgehead atoms. The largest absolute Gasteiger partial charge is 0.268 e. The van der Waals surface area contributed by atoms with Gasteiger partial charge in [-0.05, 0) is 41.9 Å². The van der Waals surface area contributed by atoms with Crippen LogP contribution in [0.15, 0.2) is 28.9 Å². The smallest absolute Gasteiger partial charge is 0.134 e. The summed E-state index contributed by atoms with van der Waals surface area (Å²) >= 11 is 9.40. The Morgan fingerprint density at radius 3 is 2.65 bits per heavy atom. The maximum atomic E-state index is 13.8. The van der Waals surface area contributed by atoms with Crippen molar-refractivity contribution >= 4 is 27.5 Å². The van der Waals surface area contributed by atoms with Gasteiger partial charge in [-0.15, -0.1) is 0 Å². The molecule has 90 valence electrons. The van der Waals surface area contributed by atoms with Crippen LogP contribution in [0.25, 0.3) is 11.3 Å². The third-order valence-electron chi connectivity index (χ3n) is 2.42. The van der Waals surface area contributed by atoms with E-state index in [-0.39, 0.29) is 11.9 Å². The fraction of sp³-hybridized carbons (Fsp3) is 0.250. The van der Waals surface area contributed by atoms with E-state index in [4.69, 9.17) is 11.6 Å². The zero-order chi connectivity index (χ0) is 12.6. The third kappa shape index (κ3) is 2.38. The average Bonchev–Trinajstić information content (AvgIpc) is 2.61. The van der Waals surface area contributed by atoms with E-state index in [1.807, 2.05) is 20.0 Å². The summed E-state index contributed by atoms with van der Waals surface area (Å²) in [4.78, 5) is 0. The van der Waals surface area contributed by atoms with E-state index in [0.717, 1.165) is 4.47 Å². The second-order valence-electron chi connectivity index (χ2n) is 4.00. The van der Waals surface area contributed by atoms with Crippen LogP contribution in [-0.2, 0) is 0 Å². The lowest BCUT2D eigenvalue weighted by atomic mass is 10.1. The molecule has 0 amide bonds. The summed E-state index contributed by atoms with van der Waals surface area (Å²) in [5.41, 5.74) is 0.863. The number of halogens is 3. The van der Waals surface area contributed by atoms with Crippen LogP contribution < -0.4 is 0 Å². The molecule has 1 heterocycles. The van der Waals surface area contributed by atoms with Gasteiger partial charge in [0.2, 0.25) is 0 Å². The molecule has 0 N–H and O–H groups in total. The van der Waals surface area contributed by atoms with Crippen molar-refractivity contribution in [3.63, 3.8) is 0 Å². The van der Waals surface area contributed by atoms with Crippen molar-refractivity contribution in [2.24, 2.45) is 0 Å². The van der Waals surface area contributed by atoms with E-state index in [9.17, 15) is 4.39 Å². The molecule has 5 heteroatoms. The van der Waals surface area contributed by atoms with Crippen molar-refractivity contribution in [1.29, 1.82) is 0 Å². The van der Waals surface area contributed by atoms with Crippen LogP contribution in [0.3, 0.4) is 0 Å². The molecule has 1 aromatic heterocycles. The van der Waals surface area contributed by atoms with Crippen molar-refractivity contribution in [3.8, 4) is 11.3 Å². The summed E-state index contributed by atoms with van der Waals surface area (Å²) in [5.74, 6) is -0.368. The lowest BCUT2D eigenvalue weighted by Gasteiger charge is -2.05. The molecule has 0 saturated heterocycles. The number of hydrogen-bond donors (Lipinski definition) is 0. The van der Waals surface area contributed by atoms with E-state index < -0.39 is 0 Å². The summed E-state index contributed by atoms with van der Waals surface area (Å²) < 4.78 is 16.3. The summed E-state index contributed by atoms with van der Waals surface area (Å²) in [7, 11) is 0. The number of nitrogens with zero attached hydrogens (tertiary/aromatic N) is 2. The summed E-state index contributed by atoms with van der Waals surface area (Å²) in [6.07, 6.45) is 1.82. The topological polar surface area (TPSA) is 17.8 Å². The molecule has 0 radical (unpaired) electrons. The quantitative estimate of drug-likeness (QED) is 0.786. The Hall–Kier alpha value is -0.870. The van der Waals surface area contributed by atoms with Gasteiger partial charge < -0.3 is 0 Å². The highest BCUT2D eigenvalue weighted by Gasteiger charge is 2.17. The normalized spacial score (nSPS) is 11.2. The summed E-state index contributed by atoms with van der Waals surface area (Å²) in [6, 6.07) is 4.82. The number of aromatic nitrogens is 2. The van der Waals surface area contributed by atoms with Gasteiger partial charge in [0.05, 0.1) is 15.1 Å². The Bertz CT molecular complexity index is 531. The van der Waals surface area contributed by atoms with Crippen molar-refractivity contribution in [2.75, 3.05) is 0 Å². The van der Waals surface area contributed by atoms with Crippen LogP contribution in [0.2, 0.25) is 5.02 Å². The molecule has 0 fully saturated rings. The average molecular weight is 318 g/mol. The molecule has 0 atom stereocenters. The van der Waals surface area contributed by atoms with Crippen molar-refractivity contribution in [1.82, 2.24) is 9.78 Å². The molecule has 2 aromatic rings. The fourth-order valence-electron chi connectivity index (χ4n) is 1.53. The van der Waals surface area contributed by atoms with Crippen LogP contribution in [0.4, 0.5) is 4.39 Å². The van der Waals surface area contributed by atoms with Crippen LogP contribution in [0, 0.1) is 5.82 Å². The predicted molar refractivity (Wildman–Crippen MR) is 70.7 cm³/mol. The van der Waals surface area contributed by atoms with E-state index in [1.54, 1.807) is 16.8 Å². The number of rotatable bonds is 2. The van der Waals surface area contributed by atoms with Gasteiger partial charge in [-0.1, -0.05) is 17.7 Å². The highest BCUT2D eigenvalue weighted by atomic mass is 79.9. The molecule has 2 nitrogen and oxygen atoms in total. The SMILES string of the molecule is CC(C)n1cc(Br)c(-c2c(F)cccc2Cl)n1. The van der Waals surface area contributed by atoms with E-state index >= 15 is 0 Å². The van der Waals surface area contributed by atoms with Gasteiger partial charge in [0.25, 0.3) is 0 Å². The van der Waals surface area contributed by atoms with Gasteiger partial charge in [-0.3, -0.25) is 4.68 Å². The first-order valence-electron chi connectivity index (χ1n) is 5.19. The molecule has 0 spiro atoms.